The van der Waals surface area contributed by atoms with E-state index in [2.05, 4.69) is 52.8 Å². The van der Waals surface area contributed by atoms with Crippen molar-refractivity contribution in [2.45, 2.75) is 51.4 Å². The minimum atomic E-state index is -0.0634. The van der Waals surface area contributed by atoms with E-state index in [4.69, 9.17) is 4.74 Å². The predicted octanol–water partition coefficient (Wildman–Crippen LogP) is 2.37. The van der Waals surface area contributed by atoms with Crippen molar-refractivity contribution in [3.8, 4) is 0 Å². The molecule has 1 aromatic rings. The molecule has 2 saturated heterocycles. The van der Waals surface area contributed by atoms with Crippen LogP contribution in [0.25, 0.3) is 0 Å². The van der Waals surface area contributed by atoms with Crippen LogP contribution in [0, 0.1) is 5.92 Å². The molecule has 1 aromatic carbocycles. The molecule has 4 atom stereocenters. The molecule has 24 heavy (non-hydrogen) atoms. The molecule has 2 N–H and O–H groups in total. The number of ether oxygens (including phenoxy) is 1. The van der Waals surface area contributed by atoms with E-state index < -0.39 is 0 Å². The summed E-state index contributed by atoms with van der Waals surface area (Å²) in [5, 5.41) is 6.07. The highest BCUT2D eigenvalue weighted by atomic mass is 16.5. The molecule has 0 radical (unpaired) electrons. The van der Waals surface area contributed by atoms with E-state index in [1.54, 1.807) is 0 Å². The Kier molecular flexibility index (Phi) is 5.74. The molecule has 0 unspecified atom stereocenters. The Morgan fingerprint density at radius 1 is 1.29 bits per heavy atom. The molecule has 2 fully saturated rings. The fraction of sp³-hybridized carbons (Fsp3) is 0.632. The van der Waals surface area contributed by atoms with Gasteiger partial charge in [0.15, 0.2) is 0 Å². The van der Waals surface area contributed by atoms with Gasteiger partial charge in [0.25, 0.3) is 0 Å². The molecule has 5 nitrogen and oxygen atoms in total. The summed E-state index contributed by atoms with van der Waals surface area (Å²) in [6.45, 7) is 7.80. The highest BCUT2D eigenvalue weighted by Gasteiger charge is 2.30. The summed E-state index contributed by atoms with van der Waals surface area (Å²) < 4.78 is 5.48. The van der Waals surface area contributed by atoms with Crippen molar-refractivity contribution in [3.63, 3.8) is 0 Å². The minimum absolute atomic E-state index is 0.0634. The number of hydrogen-bond donors (Lipinski definition) is 2. The van der Waals surface area contributed by atoms with Crippen LogP contribution >= 0.6 is 0 Å². The molecule has 0 saturated carbocycles. The van der Waals surface area contributed by atoms with Crippen LogP contribution in [0.15, 0.2) is 30.3 Å². The number of rotatable bonds is 5. The Balaban J connectivity index is 1.41. The zero-order valence-corrected chi connectivity index (χ0v) is 14.7. The van der Waals surface area contributed by atoms with E-state index >= 15 is 0 Å². The number of carbonyl (C=O) groups is 1. The fourth-order valence-corrected chi connectivity index (χ4v) is 3.78. The Labute approximate surface area is 144 Å². The molecule has 2 aliphatic rings. The van der Waals surface area contributed by atoms with Gasteiger partial charge in [0.2, 0.25) is 0 Å². The summed E-state index contributed by atoms with van der Waals surface area (Å²) in [6, 6.07) is 11.2. The number of amides is 2. The van der Waals surface area contributed by atoms with Crippen molar-refractivity contribution in [1.82, 2.24) is 15.5 Å². The lowest BCUT2D eigenvalue weighted by molar-refractivity contribution is 0.114. The van der Waals surface area contributed by atoms with Crippen molar-refractivity contribution in [2.24, 2.45) is 5.92 Å². The summed E-state index contributed by atoms with van der Waals surface area (Å²) in [5.41, 5.74) is 1.35. The summed E-state index contributed by atoms with van der Waals surface area (Å²) in [5.74, 6) is 0.520. The first kappa shape index (κ1) is 17.2. The number of urea groups is 1. The van der Waals surface area contributed by atoms with E-state index in [9.17, 15) is 4.79 Å². The van der Waals surface area contributed by atoms with Gasteiger partial charge in [-0.25, -0.2) is 4.79 Å². The molecule has 132 valence electrons. The second-order valence-corrected chi connectivity index (χ2v) is 7.19. The Bertz CT molecular complexity index is 537. The lowest BCUT2D eigenvalue weighted by Crippen LogP contribution is -2.46. The van der Waals surface area contributed by atoms with Gasteiger partial charge in [0.1, 0.15) is 0 Å². The maximum absolute atomic E-state index is 12.1. The Morgan fingerprint density at radius 3 is 2.79 bits per heavy atom. The third-order valence-corrected chi connectivity index (χ3v) is 5.26. The summed E-state index contributed by atoms with van der Waals surface area (Å²) >= 11 is 0. The minimum Gasteiger partial charge on any atom is -0.376 e. The lowest BCUT2D eigenvalue weighted by Gasteiger charge is -2.21. The van der Waals surface area contributed by atoms with Gasteiger partial charge >= 0.3 is 6.03 Å². The number of hydrogen-bond acceptors (Lipinski definition) is 3. The van der Waals surface area contributed by atoms with Gasteiger partial charge < -0.3 is 15.4 Å². The number of nitrogens with one attached hydrogen (secondary N) is 2. The highest BCUT2D eigenvalue weighted by Crippen LogP contribution is 2.24. The van der Waals surface area contributed by atoms with Gasteiger partial charge in [-0.3, -0.25) is 4.90 Å². The second-order valence-electron chi connectivity index (χ2n) is 7.19. The molecular formula is C19H29N3O2. The standard InChI is InChI=1S/C19H29N3O2/c1-14-10-17(13-22(14)12-16-6-4-3-5-7-16)11-20-19(23)21-18-8-9-24-15(18)2/h3-7,14-15,17-18H,8-13H2,1-2H3,(H2,20,21,23)/t14-,15-,17+,18-/m0/s1. The van der Waals surface area contributed by atoms with Gasteiger partial charge in [-0.05, 0) is 38.2 Å². The number of benzene rings is 1. The second kappa shape index (κ2) is 7.99. The smallest absolute Gasteiger partial charge is 0.315 e. The first-order valence-electron chi connectivity index (χ1n) is 9.05. The summed E-state index contributed by atoms with van der Waals surface area (Å²) in [4.78, 5) is 14.6. The fourth-order valence-electron chi connectivity index (χ4n) is 3.78. The topological polar surface area (TPSA) is 53.6 Å². The molecule has 5 heteroatoms. The molecule has 2 heterocycles. The van der Waals surface area contributed by atoms with Gasteiger partial charge in [0.05, 0.1) is 12.1 Å². The number of nitrogens with zero attached hydrogens (tertiary/aromatic N) is 1. The van der Waals surface area contributed by atoms with Gasteiger partial charge in [-0.2, -0.15) is 0 Å². The zero-order valence-electron chi connectivity index (χ0n) is 14.7. The molecule has 0 aliphatic carbocycles. The molecule has 0 spiro atoms. The van der Waals surface area contributed by atoms with Gasteiger partial charge in [-0.1, -0.05) is 30.3 Å². The highest BCUT2D eigenvalue weighted by molar-refractivity contribution is 5.74. The SMILES string of the molecule is C[C@@H]1OCC[C@@H]1NC(=O)NC[C@H]1C[C@H](C)N(Cc2ccccc2)C1. The van der Waals surface area contributed by atoms with Crippen molar-refractivity contribution >= 4 is 6.03 Å². The molecule has 3 rings (SSSR count). The van der Waals surface area contributed by atoms with Crippen molar-refractivity contribution < 1.29 is 9.53 Å². The van der Waals surface area contributed by atoms with Crippen molar-refractivity contribution in [3.05, 3.63) is 35.9 Å². The van der Waals surface area contributed by atoms with Crippen LogP contribution in [0.1, 0.15) is 32.3 Å². The first-order valence-corrected chi connectivity index (χ1v) is 9.05. The predicted molar refractivity (Wildman–Crippen MR) is 94.8 cm³/mol. The van der Waals surface area contributed by atoms with Crippen LogP contribution in [-0.2, 0) is 11.3 Å². The Morgan fingerprint density at radius 2 is 2.08 bits per heavy atom. The molecule has 0 aromatic heterocycles. The van der Waals surface area contributed by atoms with Crippen LogP contribution in [-0.4, -0.2) is 48.8 Å². The average molecular weight is 331 g/mol. The molecule has 0 bridgehead atoms. The maximum atomic E-state index is 12.1. The summed E-state index contributed by atoms with van der Waals surface area (Å²) in [6.07, 6.45) is 2.15. The Hall–Kier alpha value is -1.59. The van der Waals surface area contributed by atoms with Crippen LogP contribution in [0.5, 0.6) is 0 Å². The largest absolute Gasteiger partial charge is 0.376 e. The molecule has 2 amide bonds. The normalized spacial score (nSPS) is 30.4. The van der Waals surface area contributed by atoms with Crippen LogP contribution in [0.2, 0.25) is 0 Å². The van der Waals surface area contributed by atoms with Crippen molar-refractivity contribution in [1.29, 1.82) is 0 Å². The molecule has 2 aliphatic heterocycles. The number of carbonyl (C=O) groups excluding carboxylic acids is 1. The van der Waals surface area contributed by atoms with E-state index in [1.165, 1.54) is 5.56 Å². The average Bonchev–Trinajstić information content (AvgIpc) is 3.13. The van der Waals surface area contributed by atoms with E-state index in [0.717, 1.165) is 39.1 Å². The van der Waals surface area contributed by atoms with Gasteiger partial charge in [0, 0.05) is 32.3 Å². The number of likely N-dealkylation sites (tertiary alicyclic amines) is 1. The summed E-state index contributed by atoms with van der Waals surface area (Å²) in [7, 11) is 0. The molecular weight excluding hydrogens is 302 g/mol. The lowest BCUT2D eigenvalue weighted by atomic mass is 10.1. The quantitative estimate of drug-likeness (QED) is 0.871. The van der Waals surface area contributed by atoms with Crippen LogP contribution in [0.4, 0.5) is 4.79 Å². The third-order valence-electron chi connectivity index (χ3n) is 5.26. The van der Waals surface area contributed by atoms with Crippen molar-refractivity contribution in [2.75, 3.05) is 19.7 Å². The first-order chi connectivity index (χ1) is 11.6. The van der Waals surface area contributed by atoms with E-state index in [-0.39, 0.29) is 18.2 Å². The van der Waals surface area contributed by atoms with Crippen LogP contribution < -0.4 is 10.6 Å². The van der Waals surface area contributed by atoms with Gasteiger partial charge in [-0.15, -0.1) is 0 Å². The third kappa shape index (κ3) is 4.48. The van der Waals surface area contributed by atoms with E-state index in [0.29, 0.717) is 12.0 Å². The maximum Gasteiger partial charge on any atom is 0.315 e. The van der Waals surface area contributed by atoms with E-state index in [1.807, 2.05) is 6.92 Å². The van der Waals surface area contributed by atoms with Crippen LogP contribution in [0.3, 0.4) is 0 Å². The zero-order chi connectivity index (χ0) is 16.9. The monoisotopic (exact) mass is 331 g/mol.